The van der Waals surface area contributed by atoms with Crippen LogP contribution in [-0.4, -0.2) is 13.1 Å². The molecule has 0 aliphatic rings. The van der Waals surface area contributed by atoms with Gasteiger partial charge in [0.15, 0.2) is 0 Å². The number of esters is 1. The van der Waals surface area contributed by atoms with Crippen molar-refractivity contribution in [3.63, 3.8) is 0 Å². The molecule has 0 aliphatic heterocycles. The van der Waals surface area contributed by atoms with Crippen LogP contribution in [0.1, 0.15) is 38.5 Å². The number of carbonyl (C=O) groups excluding carboxylic acids is 1. The standard InChI is InChI=1S/C11H17O2/c1-3-4-5-6-7-8-9-10-11(12)13-2/h1,3-7,10H2,2H3. The van der Waals surface area contributed by atoms with Crippen molar-refractivity contribution in [3.8, 4) is 11.8 Å². The number of hydrogen-bond donors (Lipinski definition) is 0. The van der Waals surface area contributed by atoms with E-state index in [0.29, 0.717) is 0 Å². The van der Waals surface area contributed by atoms with E-state index in [1.165, 1.54) is 20.0 Å². The topological polar surface area (TPSA) is 26.3 Å². The van der Waals surface area contributed by atoms with Crippen molar-refractivity contribution in [2.45, 2.75) is 38.5 Å². The summed E-state index contributed by atoms with van der Waals surface area (Å²) >= 11 is 0. The molecule has 0 aliphatic carbocycles. The largest absolute Gasteiger partial charge is 0.468 e. The van der Waals surface area contributed by atoms with Gasteiger partial charge in [0.05, 0.1) is 7.11 Å². The minimum atomic E-state index is -0.259. The van der Waals surface area contributed by atoms with Gasteiger partial charge < -0.3 is 4.74 Å². The summed E-state index contributed by atoms with van der Waals surface area (Å²) < 4.78 is 4.45. The van der Waals surface area contributed by atoms with Crippen LogP contribution >= 0.6 is 0 Å². The fourth-order valence-corrected chi connectivity index (χ4v) is 0.862. The third kappa shape index (κ3) is 8.94. The summed E-state index contributed by atoms with van der Waals surface area (Å²) in [5, 5.41) is 0. The summed E-state index contributed by atoms with van der Waals surface area (Å²) in [6.07, 6.45) is 5.52. The van der Waals surface area contributed by atoms with Crippen LogP contribution in [0.15, 0.2) is 0 Å². The molecule has 0 saturated carbocycles. The van der Waals surface area contributed by atoms with Crippen LogP contribution in [0, 0.1) is 18.8 Å². The number of carbonyl (C=O) groups is 1. The average molecular weight is 181 g/mol. The Morgan fingerprint density at radius 2 is 2.08 bits per heavy atom. The van der Waals surface area contributed by atoms with Crippen molar-refractivity contribution in [2.75, 3.05) is 7.11 Å². The van der Waals surface area contributed by atoms with Gasteiger partial charge in [-0.3, -0.25) is 4.79 Å². The van der Waals surface area contributed by atoms with Crippen molar-refractivity contribution in [1.29, 1.82) is 0 Å². The van der Waals surface area contributed by atoms with E-state index in [4.69, 9.17) is 0 Å². The van der Waals surface area contributed by atoms with E-state index >= 15 is 0 Å². The lowest BCUT2D eigenvalue weighted by Crippen LogP contribution is -1.96. The molecule has 13 heavy (non-hydrogen) atoms. The van der Waals surface area contributed by atoms with Gasteiger partial charge >= 0.3 is 5.97 Å². The molecule has 73 valence electrons. The highest BCUT2D eigenvalue weighted by Crippen LogP contribution is 2.00. The molecule has 0 rings (SSSR count). The average Bonchev–Trinajstić information content (AvgIpc) is 2.16. The highest BCUT2D eigenvalue weighted by molar-refractivity contribution is 5.72. The fourth-order valence-electron chi connectivity index (χ4n) is 0.862. The molecular formula is C11H17O2. The molecule has 2 heteroatoms. The van der Waals surface area contributed by atoms with Gasteiger partial charge in [-0.25, -0.2) is 0 Å². The molecule has 0 spiro atoms. The lowest BCUT2D eigenvalue weighted by molar-refractivity contribution is -0.139. The van der Waals surface area contributed by atoms with Gasteiger partial charge in [-0.1, -0.05) is 32.1 Å². The Morgan fingerprint density at radius 3 is 2.69 bits per heavy atom. The first kappa shape index (κ1) is 12.0. The van der Waals surface area contributed by atoms with E-state index < -0.39 is 0 Å². The molecule has 0 N–H and O–H groups in total. The monoisotopic (exact) mass is 181 g/mol. The van der Waals surface area contributed by atoms with Gasteiger partial charge in [-0.2, -0.15) is 0 Å². The van der Waals surface area contributed by atoms with Gasteiger partial charge in [0.2, 0.25) is 0 Å². The molecule has 0 amide bonds. The van der Waals surface area contributed by atoms with Gasteiger partial charge in [-0.05, 0) is 6.42 Å². The second-order valence-electron chi connectivity index (χ2n) is 2.77. The zero-order valence-corrected chi connectivity index (χ0v) is 8.27. The van der Waals surface area contributed by atoms with Crippen LogP contribution in [0.2, 0.25) is 0 Å². The minimum Gasteiger partial charge on any atom is -0.468 e. The van der Waals surface area contributed by atoms with Crippen LogP contribution in [0.5, 0.6) is 0 Å². The Hall–Kier alpha value is -0.970. The highest BCUT2D eigenvalue weighted by atomic mass is 16.5. The molecule has 0 bridgehead atoms. The van der Waals surface area contributed by atoms with E-state index in [-0.39, 0.29) is 12.4 Å². The van der Waals surface area contributed by atoms with Crippen molar-refractivity contribution < 1.29 is 9.53 Å². The Bertz CT molecular complexity index is 186. The first-order chi connectivity index (χ1) is 6.31. The third-order valence-electron chi connectivity index (χ3n) is 1.64. The second-order valence-corrected chi connectivity index (χ2v) is 2.77. The molecule has 0 fully saturated rings. The van der Waals surface area contributed by atoms with Crippen molar-refractivity contribution in [1.82, 2.24) is 0 Å². The van der Waals surface area contributed by atoms with Crippen LogP contribution in [0.3, 0.4) is 0 Å². The number of rotatable bonds is 5. The van der Waals surface area contributed by atoms with Crippen molar-refractivity contribution in [2.24, 2.45) is 0 Å². The molecular weight excluding hydrogens is 164 g/mol. The van der Waals surface area contributed by atoms with Gasteiger partial charge in [0, 0.05) is 6.42 Å². The van der Waals surface area contributed by atoms with E-state index in [0.717, 1.165) is 19.3 Å². The Morgan fingerprint density at radius 1 is 1.31 bits per heavy atom. The quantitative estimate of drug-likeness (QED) is 0.369. The van der Waals surface area contributed by atoms with E-state index in [2.05, 4.69) is 23.5 Å². The minimum absolute atomic E-state index is 0.214. The summed E-state index contributed by atoms with van der Waals surface area (Å²) in [6, 6.07) is 0. The van der Waals surface area contributed by atoms with E-state index in [9.17, 15) is 4.79 Å². The van der Waals surface area contributed by atoms with E-state index in [1.54, 1.807) is 0 Å². The lowest BCUT2D eigenvalue weighted by atomic mass is 10.1. The molecule has 0 aromatic heterocycles. The summed E-state index contributed by atoms with van der Waals surface area (Å²) in [7, 11) is 1.37. The van der Waals surface area contributed by atoms with Crippen LogP contribution in [0.4, 0.5) is 0 Å². The summed E-state index contributed by atoms with van der Waals surface area (Å²) in [5.41, 5.74) is 0. The zero-order chi connectivity index (χ0) is 9.94. The first-order valence-electron chi connectivity index (χ1n) is 4.63. The normalized spacial score (nSPS) is 8.77. The Balaban J connectivity index is 3.25. The number of methoxy groups -OCH3 is 1. The maximum absolute atomic E-state index is 10.6. The Kier molecular flexibility index (Phi) is 8.44. The van der Waals surface area contributed by atoms with Gasteiger partial charge in [-0.15, -0.1) is 5.92 Å². The molecule has 0 aromatic rings. The maximum Gasteiger partial charge on any atom is 0.317 e. The van der Waals surface area contributed by atoms with Gasteiger partial charge in [0.25, 0.3) is 0 Å². The number of unbranched alkanes of at least 4 members (excludes halogenated alkanes) is 4. The van der Waals surface area contributed by atoms with Crippen LogP contribution in [-0.2, 0) is 9.53 Å². The predicted molar refractivity (Wildman–Crippen MR) is 52.9 cm³/mol. The zero-order valence-electron chi connectivity index (χ0n) is 8.27. The molecule has 0 atom stereocenters. The SMILES string of the molecule is [CH2]CCCCCC#CCC(=O)OC. The maximum atomic E-state index is 10.6. The van der Waals surface area contributed by atoms with Crippen LogP contribution in [0.25, 0.3) is 0 Å². The third-order valence-corrected chi connectivity index (χ3v) is 1.64. The molecule has 2 nitrogen and oxygen atoms in total. The second kappa shape index (κ2) is 9.12. The Labute approximate surface area is 80.7 Å². The molecule has 0 heterocycles. The molecule has 0 unspecified atom stereocenters. The molecule has 0 saturated heterocycles. The summed E-state index contributed by atoms with van der Waals surface area (Å²) in [4.78, 5) is 10.6. The number of ether oxygens (including phenoxy) is 1. The van der Waals surface area contributed by atoms with Gasteiger partial charge in [0.1, 0.15) is 6.42 Å². The van der Waals surface area contributed by atoms with Crippen LogP contribution < -0.4 is 0 Å². The summed E-state index contributed by atoms with van der Waals surface area (Å²) in [5.74, 6) is 5.45. The lowest BCUT2D eigenvalue weighted by Gasteiger charge is -1.92. The fraction of sp³-hybridized carbons (Fsp3) is 0.636. The van der Waals surface area contributed by atoms with E-state index in [1.807, 2.05) is 0 Å². The summed E-state index contributed by atoms with van der Waals surface area (Å²) in [6.45, 7) is 3.76. The highest BCUT2D eigenvalue weighted by Gasteiger charge is 1.92. The first-order valence-corrected chi connectivity index (χ1v) is 4.63. The van der Waals surface area contributed by atoms with Crippen molar-refractivity contribution >= 4 is 5.97 Å². The predicted octanol–water partition coefficient (Wildman–Crippen LogP) is 2.34. The smallest absolute Gasteiger partial charge is 0.317 e. The molecule has 1 radical (unpaired) electrons. The molecule has 0 aromatic carbocycles. The number of hydrogen-bond acceptors (Lipinski definition) is 2. The van der Waals surface area contributed by atoms with Crippen molar-refractivity contribution in [3.05, 3.63) is 6.92 Å².